The quantitative estimate of drug-likeness (QED) is 0.477. The van der Waals surface area contributed by atoms with Gasteiger partial charge in [0.15, 0.2) is 6.10 Å². The standard InChI is InChI=1S/C13H17BrO4/c1-2-17-13(16)12(15)10-4-6-11(7-5-10)18-9-3-8-14/h4-7,12,15H,2-3,8-9H2,1H3. The molecule has 0 aromatic heterocycles. The fourth-order valence-corrected chi connectivity index (χ4v) is 1.58. The van der Waals surface area contributed by atoms with Crippen LogP contribution in [0.3, 0.4) is 0 Å². The van der Waals surface area contributed by atoms with Crippen LogP contribution in [0.1, 0.15) is 25.0 Å². The lowest BCUT2D eigenvalue weighted by Gasteiger charge is -2.11. The molecule has 1 unspecified atom stereocenters. The van der Waals surface area contributed by atoms with E-state index in [1.54, 1.807) is 31.2 Å². The predicted molar refractivity (Wildman–Crippen MR) is 71.9 cm³/mol. The molecule has 0 heterocycles. The first-order chi connectivity index (χ1) is 8.69. The van der Waals surface area contributed by atoms with Gasteiger partial charge in [-0.1, -0.05) is 28.1 Å². The van der Waals surface area contributed by atoms with Crippen LogP contribution in [-0.2, 0) is 9.53 Å². The van der Waals surface area contributed by atoms with Crippen LogP contribution in [0.4, 0.5) is 0 Å². The molecule has 1 N–H and O–H groups in total. The minimum Gasteiger partial charge on any atom is -0.494 e. The monoisotopic (exact) mass is 316 g/mol. The molecule has 0 saturated carbocycles. The lowest BCUT2D eigenvalue weighted by atomic mass is 10.1. The number of rotatable bonds is 7. The summed E-state index contributed by atoms with van der Waals surface area (Å²) < 4.78 is 10.2. The van der Waals surface area contributed by atoms with Crippen LogP contribution in [0.5, 0.6) is 5.75 Å². The molecular weight excluding hydrogens is 300 g/mol. The lowest BCUT2D eigenvalue weighted by Crippen LogP contribution is -2.15. The highest BCUT2D eigenvalue weighted by molar-refractivity contribution is 9.09. The van der Waals surface area contributed by atoms with Gasteiger partial charge < -0.3 is 14.6 Å². The maximum atomic E-state index is 11.3. The van der Waals surface area contributed by atoms with Crippen molar-refractivity contribution in [3.05, 3.63) is 29.8 Å². The Hall–Kier alpha value is -1.07. The molecule has 18 heavy (non-hydrogen) atoms. The summed E-state index contributed by atoms with van der Waals surface area (Å²) in [7, 11) is 0. The summed E-state index contributed by atoms with van der Waals surface area (Å²) in [6.45, 7) is 2.58. The van der Waals surface area contributed by atoms with Crippen molar-refractivity contribution in [1.29, 1.82) is 0 Å². The van der Waals surface area contributed by atoms with E-state index < -0.39 is 12.1 Å². The molecule has 0 aliphatic carbocycles. The van der Waals surface area contributed by atoms with Crippen molar-refractivity contribution in [2.75, 3.05) is 18.5 Å². The summed E-state index contributed by atoms with van der Waals surface area (Å²) in [5, 5.41) is 10.6. The van der Waals surface area contributed by atoms with Gasteiger partial charge in [-0.25, -0.2) is 4.79 Å². The van der Waals surface area contributed by atoms with Crippen molar-refractivity contribution in [3.63, 3.8) is 0 Å². The Bertz CT molecular complexity index is 364. The number of aliphatic hydroxyl groups is 1. The number of ether oxygens (including phenoxy) is 2. The van der Waals surface area contributed by atoms with Crippen LogP contribution >= 0.6 is 15.9 Å². The van der Waals surface area contributed by atoms with E-state index in [0.29, 0.717) is 12.2 Å². The number of carbonyl (C=O) groups is 1. The Balaban J connectivity index is 2.56. The fraction of sp³-hybridized carbons (Fsp3) is 0.462. The first-order valence-corrected chi connectivity index (χ1v) is 6.94. The van der Waals surface area contributed by atoms with Gasteiger partial charge in [0.05, 0.1) is 13.2 Å². The summed E-state index contributed by atoms with van der Waals surface area (Å²) in [6, 6.07) is 6.77. The average molecular weight is 317 g/mol. The van der Waals surface area contributed by atoms with Gasteiger partial charge in [-0.15, -0.1) is 0 Å². The molecular formula is C13H17BrO4. The van der Waals surface area contributed by atoms with Gasteiger partial charge in [-0.3, -0.25) is 0 Å². The summed E-state index contributed by atoms with van der Waals surface area (Å²) in [5.74, 6) is 0.0845. The SMILES string of the molecule is CCOC(=O)C(O)c1ccc(OCCCBr)cc1. The minimum absolute atomic E-state index is 0.254. The van der Waals surface area contributed by atoms with Gasteiger partial charge in [0.2, 0.25) is 0 Å². The van der Waals surface area contributed by atoms with Crippen molar-refractivity contribution in [3.8, 4) is 5.75 Å². The minimum atomic E-state index is -1.23. The van der Waals surface area contributed by atoms with E-state index in [9.17, 15) is 9.90 Å². The second kappa shape index (κ2) is 8.11. The molecule has 1 aromatic rings. The number of esters is 1. The van der Waals surface area contributed by atoms with Crippen LogP contribution in [0, 0.1) is 0 Å². The molecule has 0 saturated heterocycles. The number of alkyl halides is 1. The fourth-order valence-electron chi connectivity index (χ4n) is 1.35. The molecule has 0 spiro atoms. The normalized spacial score (nSPS) is 11.9. The first kappa shape index (κ1) is 15.0. The van der Waals surface area contributed by atoms with Gasteiger partial charge in [0.1, 0.15) is 5.75 Å². The summed E-state index contributed by atoms with van der Waals surface area (Å²) in [5.41, 5.74) is 0.501. The Kier molecular flexibility index (Phi) is 6.75. The van der Waals surface area contributed by atoms with E-state index in [-0.39, 0.29) is 6.61 Å². The van der Waals surface area contributed by atoms with Gasteiger partial charge >= 0.3 is 5.97 Å². The van der Waals surface area contributed by atoms with Gasteiger partial charge in [0.25, 0.3) is 0 Å². The highest BCUT2D eigenvalue weighted by atomic mass is 79.9. The Labute approximate surface area is 115 Å². The van der Waals surface area contributed by atoms with Crippen molar-refractivity contribution in [2.45, 2.75) is 19.4 Å². The zero-order valence-corrected chi connectivity index (χ0v) is 11.9. The van der Waals surface area contributed by atoms with Crippen molar-refractivity contribution >= 4 is 21.9 Å². The van der Waals surface area contributed by atoms with Gasteiger partial charge in [-0.2, -0.15) is 0 Å². The molecule has 100 valence electrons. The Morgan fingerprint density at radius 1 is 1.39 bits per heavy atom. The largest absolute Gasteiger partial charge is 0.494 e. The lowest BCUT2D eigenvalue weighted by molar-refractivity contribution is -0.153. The average Bonchev–Trinajstić information content (AvgIpc) is 2.39. The molecule has 0 amide bonds. The number of carbonyl (C=O) groups excluding carboxylic acids is 1. The maximum absolute atomic E-state index is 11.3. The third-order valence-electron chi connectivity index (χ3n) is 2.25. The molecule has 0 bridgehead atoms. The summed E-state index contributed by atoms with van der Waals surface area (Å²) in [4.78, 5) is 11.3. The molecule has 0 aliphatic rings. The number of halogens is 1. The highest BCUT2D eigenvalue weighted by Gasteiger charge is 2.18. The van der Waals surface area contributed by atoms with Gasteiger partial charge in [0, 0.05) is 5.33 Å². The zero-order chi connectivity index (χ0) is 13.4. The van der Waals surface area contributed by atoms with Crippen LogP contribution in [0.15, 0.2) is 24.3 Å². The topological polar surface area (TPSA) is 55.8 Å². The number of aliphatic hydroxyl groups excluding tert-OH is 1. The smallest absolute Gasteiger partial charge is 0.339 e. The molecule has 1 aromatic carbocycles. The Morgan fingerprint density at radius 2 is 2.06 bits per heavy atom. The third-order valence-corrected chi connectivity index (χ3v) is 2.81. The number of hydrogen-bond donors (Lipinski definition) is 1. The van der Waals surface area contributed by atoms with E-state index in [4.69, 9.17) is 9.47 Å². The molecule has 0 fully saturated rings. The number of benzene rings is 1. The summed E-state index contributed by atoms with van der Waals surface area (Å²) >= 11 is 3.32. The first-order valence-electron chi connectivity index (χ1n) is 5.82. The van der Waals surface area contributed by atoms with Crippen LogP contribution in [0.2, 0.25) is 0 Å². The molecule has 5 heteroatoms. The second-order valence-electron chi connectivity index (χ2n) is 3.61. The zero-order valence-electron chi connectivity index (χ0n) is 10.3. The predicted octanol–water partition coefficient (Wildman–Crippen LogP) is 2.45. The van der Waals surface area contributed by atoms with Crippen molar-refractivity contribution in [1.82, 2.24) is 0 Å². The van der Waals surface area contributed by atoms with Crippen molar-refractivity contribution < 1.29 is 19.4 Å². The van der Waals surface area contributed by atoms with Crippen LogP contribution < -0.4 is 4.74 Å². The molecule has 1 atom stereocenters. The van der Waals surface area contributed by atoms with E-state index in [1.165, 1.54) is 0 Å². The van der Waals surface area contributed by atoms with E-state index >= 15 is 0 Å². The molecule has 1 rings (SSSR count). The van der Waals surface area contributed by atoms with E-state index in [0.717, 1.165) is 17.5 Å². The van der Waals surface area contributed by atoms with Crippen LogP contribution in [0.25, 0.3) is 0 Å². The van der Waals surface area contributed by atoms with E-state index in [2.05, 4.69) is 15.9 Å². The Morgan fingerprint density at radius 3 is 2.61 bits per heavy atom. The molecule has 0 aliphatic heterocycles. The van der Waals surface area contributed by atoms with Crippen molar-refractivity contribution in [2.24, 2.45) is 0 Å². The van der Waals surface area contributed by atoms with Crippen LogP contribution in [-0.4, -0.2) is 29.6 Å². The third kappa shape index (κ3) is 4.66. The number of hydrogen-bond acceptors (Lipinski definition) is 4. The molecule has 0 radical (unpaired) electrons. The van der Waals surface area contributed by atoms with Gasteiger partial charge in [-0.05, 0) is 31.0 Å². The summed E-state index contributed by atoms with van der Waals surface area (Å²) in [6.07, 6.45) is -0.311. The highest BCUT2D eigenvalue weighted by Crippen LogP contribution is 2.19. The van der Waals surface area contributed by atoms with E-state index in [1.807, 2.05) is 0 Å². The maximum Gasteiger partial charge on any atom is 0.339 e. The molecule has 4 nitrogen and oxygen atoms in total. The second-order valence-corrected chi connectivity index (χ2v) is 4.41.